The van der Waals surface area contributed by atoms with Crippen molar-refractivity contribution >= 4 is 34.4 Å². The zero-order chi connectivity index (χ0) is 22.6. The summed E-state index contributed by atoms with van der Waals surface area (Å²) in [5.41, 5.74) is 1.91. The number of benzene rings is 2. The van der Waals surface area contributed by atoms with E-state index in [1.165, 1.54) is 0 Å². The predicted octanol–water partition coefficient (Wildman–Crippen LogP) is 4.26. The second-order valence-electron chi connectivity index (χ2n) is 7.44. The molecular formula is C23H23ClN6O3. The number of ether oxygens (including phenoxy) is 3. The van der Waals surface area contributed by atoms with E-state index in [9.17, 15) is 0 Å². The van der Waals surface area contributed by atoms with E-state index in [0.29, 0.717) is 67.0 Å². The van der Waals surface area contributed by atoms with Gasteiger partial charge in [0.15, 0.2) is 0 Å². The van der Waals surface area contributed by atoms with Crippen LogP contribution in [0.25, 0.3) is 11.0 Å². The van der Waals surface area contributed by atoms with Crippen molar-refractivity contribution < 1.29 is 14.2 Å². The number of nitrogens with zero attached hydrogens (tertiary/aromatic N) is 4. The maximum atomic E-state index is 6.36. The summed E-state index contributed by atoms with van der Waals surface area (Å²) in [7, 11) is 1.59. The standard InChI is InChI=1S/C23H23ClN6O3/c1-31-15-6-7-19(16(24)12-15)33-22-13-20(28-23(29-22)30-8-10-32-11-9-30)25-14-21-26-17-4-2-3-5-18(17)27-21/h2-7,12-13H,8-11,14H2,1H3,(H,26,27)(H,25,28,29). The molecule has 0 spiro atoms. The SMILES string of the molecule is COc1ccc(Oc2cc(NCc3nc4ccccc4[nH]3)nc(N3CCOCC3)n2)c(Cl)c1. The molecule has 0 radical (unpaired) electrons. The highest BCUT2D eigenvalue weighted by atomic mass is 35.5. The molecule has 10 heteroatoms. The Hall–Kier alpha value is -3.56. The fraction of sp³-hybridized carbons (Fsp3) is 0.261. The van der Waals surface area contributed by atoms with Crippen LogP contribution in [0.15, 0.2) is 48.5 Å². The molecule has 4 aromatic rings. The van der Waals surface area contributed by atoms with Crippen LogP contribution in [-0.4, -0.2) is 53.3 Å². The molecule has 0 saturated carbocycles. The van der Waals surface area contributed by atoms with Crippen LogP contribution in [0.1, 0.15) is 5.82 Å². The van der Waals surface area contributed by atoms with Gasteiger partial charge in [0.1, 0.15) is 23.1 Å². The van der Waals surface area contributed by atoms with Gasteiger partial charge in [-0.2, -0.15) is 9.97 Å². The first-order valence-electron chi connectivity index (χ1n) is 10.6. The Morgan fingerprint density at radius 1 is 1.09 bits per heavy atom. The third-order valence-electron chi connectivity index (χ3n) is 5.21. The number of methoxy groups -OCH3 is 1. The molecule has 5 rings (SSSR count). The summed E-state index contributed by atoms with van der Waals surface area (Å²) in [4.78, 5) is 19.3. The lowest BCUT2D eigenvalue weighted by Crippen LogP contribution is -2.37. The van der Waals surface area contributed by atoms with Gasteiger partial charge in [0.2, 0.25) is 11.8 Å². The van der Waals surface area contributed by atoms with Crippen molar-refractivity contribution in [3.05, 3.63) is 59.4 Å². The molecule has 2 N–H and O–H groups in total. The Labute approximate surface area is 195 Å². The lowest BCUT2D eigenvalue weighted by Gasteiger charge is -2.27. The Morgan fingerprint density at radius 2 is 1.94 bits per heavy atom. The van der Waals surface area contributed by atoms with Crippen LogP contribution < -0.4 is 19.7 Å². The summed E-state index contributed by atoms with van der Waals surface area (Å²) in [6, 6.07) is 14.9. The third-order valence-corrected chi connectivity index (χ3v) is 5.51. The van der Waals surface area contributed by atoms with Gasteiger partial charge in [-0.25, -0.2) is 4.98 Å². The number of H-pyrrole nitrogens is 1. The van der Waals surface area contributed by atoms with Crippen molar-refractivity contribution in [1.29, 1.82) is 0 Å². The summed E-state index contributed by atoms with van der Waals surface area (Å²) in [6.07, 6.45) is 0. The third kappa shape index (κ3) is 4.94. The van der Waals surface area contributed by atoms with Crippen LogP contribution in [0.5, 0.6) is 17.4 Å². The van der Waals surface area contributed by atoms with Crippen molar-refractivity contribution in [3.63, 3.8) is 0 Å². The van der Waals surface area contributed by atoms with E-state index < -0.39 is 0 Å². The van der Waals surface area contributed by atoms with E-state index in [1.54, 1.807) is 31.4 Å². The van der Waals surface area contributed by atoms with Gasteiger partial charge in [-0.15, -0.1) is 0 Å². The fourth-order valence-electron chi connectivity index (χ4n) is 3.53. The number of fused-ring (bicyclic) bond motifs is 1. The second kappa shape index (κ2) is 9.51. The van der Waals surface area contributed by atoms with Gasteiger partial charge in [-0.3, -0.25) is 0 Å². The largest absolute Gasteiger partial charge is 0.497 e. The van der Waals surface area contributed by atoms with Gasteiger partial charge in [-0.05, 0) is 24.3 Å². The molecule has 0 bridgehead atoms. The number of anilines is 2. The molecule has 2 aromatic heterocycles. The van der Waals surface area contributed by atoms with Gasteiger partial charge in [0, 0.05) is 25.2 Å². The van der Waals surface area contributed by atoms with Crippen LogP contribution in [-0.2, 0) is 11.3 Å². The van der Waals surface area contributed by atoms with E-state index in [2.05, 4.69) is 25.2 Å². The molecule has 0 amide bonds. The summed E-state index contributed by atoms with van der Waals surface area (Å²) < 4.78 is 16.7. The molecule has 1 aliphatic rings. The minimum atomic E-state index is 0.380. The Bertz CT molecular complexity index is 1230. The van der Waals surface area contributed by atoms with Crippen molar-refractivity contribution in [2.24, 2.45) is 0 Å². The summed E-state index contributed by atoms with van der Waals surface area (Å²) >= 11 is 6.36. The molecule has 9 nitrogen and oxygen atoms in total. The molecule has 1 aliphatic heterocycles. The van der Waals surface area contributed by atoms with Gasteiger partial charge < -0.3 is 29.4 Å². The van der Waals surface area contributed by atoms with E-state index in [-0.39, 0.29) is 0 Å². The van der Waals surface area contributed by atoms with E-state index in [4.69, 9.17) is 30.8 Å². The van der Waals surface area contributed by atoms with Crippen LogP contribution in [0, 0.1) is 0 Å². The Morgan fingerprint density at radius 3 is 2.73 bits per heavy atom. The predicted molar refractivity (Wildman–Crippen MR) is 127 cm³/mol. The summed E-state index contributed by atoms with van der Waals surface area (Å²) in [5, 5.41) is 3.75. The second-order valence-corrected chi connectivity index (χ2v) is 7.85. The molecule has 170 valence electrons. The van der Waals surface area contributed by atoms with Crippen LogP contribution in [0.4, 0.5) is 11.8 Å². The van der Waals surface area contributed by atoms with E-state index >= 15 is 0 Å². The summed E-state index contributed by atoms with van der Waals surface area (Å²) in [5.74, 6) is 3.50. The van der Waals surface area contributed by atoms with E-state index in [1.807, 2.05) is 24.3 Å². The average Bonchev–Trinajstić information content (AvgIpc) is 3.27. The van der Waals surface area contributed by atoms with Crippen LogP contribution >= 0.6 is 11.6 Å². The van der Waals surface area contributed by atoms with Crippen LogP contribution in [0.3, 0.4) is 0 Å². The molecule has 3 heterocycles. The Balaban J connectivity index is 1.40. The minimum Gasteiger partial charge on any atom is -0.497 e. The first-order valence-corrected chi connectivity index (χ1v) is 11.0. The first-order chi connectivity index (χ1) is 16.2. The van der Waals surface area contributed by atoms with Gasteiger partial charge in [0.25, 0.3) is 0 Å². The molecular weight excluding hydrogens is 444 g/mol. The highest BCUT2D eigenvalue weighted by Crippen LogP contribution is 2.33. The number of morpholine rings is 1. The van der Waals surface area contributed by atoms with Crippen molar-refractivity contribution in [2.45, 2.75) is 6.54 Å². The minimum absolute atomic E-state index is 0.380. The highest BCUT2D eigenvalue weighted by Gasteiger charge is 2.17. The number of hydrogen-bond acceptors (Lipinski definition) is 8. The fourth-order valence-corrected chi connectivity index (χ4v) is 3.74. The number of halogens is 1. The first kappa shape index (κ1) is 21.3. The molecule has 2 aromatic carbocycles. The maximum Gasteiger partial charge on any atom is 0.230 e. The van der Waals surface area contributed by atoms with Crippen molar-refractivity contribution in [2.75, 3.05) is 43.6 Å². The number of imidazole rings is 1. The van der Waals surface area contributed by atoms with Gasteiger partial charge in [0.05, 0.1) is 42.9 Å². The average molecular weight is 467 g/mol. The van der Waals surface area contributed by atoms with Crippen molar-refractivity contribution in [3.8, 4) is 17.4 Å². The maximum absolute atomic E-state index is 6.36. The lowest BCUT2D eigenvalue weighted by molar-refractivity contribution is 0.122. The van der Waals surface area contributed by atoms with Gasteiger partial charge in [-0.1, -0.05) is 23.7 Å². The van der Waals surface area contributed by atoms with Crippen LogP contribution in [0.2, 0.25) is 5.02 Å². The zero-order valence-corrected chi connectivity index (χ0v) is 18.8. The molecule has 0 atom stereocenters. The smallest absolute Gasteiger partial charge is 0.230 e. The zero-order valence-electron chi connectivity index (χ0n) is 18.0. The quantitative estimate of drug-likeness (QED) is 0.417. The topological polar surface area (TPSA) is 97.4 Å². The lowest BCUT2D eigenvalue weighted by atomic mass is 10.3. The number of rotatable bonds is 7. The number of para-hydroxylation sites is 2. The van der Waals surface area contributed by atoms with Gasteiger partial charge >= 0.3 is 0 Å². The molecule has 1 saturated heterocycles. The Kier molecular flexibility index (Phi) is 6.14. The molecule has 0 unspecified atom stereocenters. The number of hydrogen-bond donors (Lipinski definition) is 2. The molecule has 1 fully saturated rings. The van der Waals surface area contributed by atoms with E-state index in [0.717, 1.165) is 16.9 Å². The normalized spacial score (nSPS) is 13.8. The molecule has 0 aliphatic carbocycles. The summed E-state index contributed by atoms with van der Waals surface area (Å²) in [6.45, 7) is 3.13. The number of aromatic nitrogens is 4. The number of nitrogens with one attached hydrogen (secondary N) is 2. The van der Waals surface area contributed by atoms with Crippen molar-refractivity contribution in [1.82, 2.24) is 19.9 Å². The monoisotopic (exact) mass is 466 g/mol. The highest BCUT2D eigenvalue weighted by molar-refractivity contribution is 6.32. The number of aromatic amines is 1. The molecule has 33 heavy (non-hydrogen) atoms.